The van der Waals surface area contributed by atoms with Crippen molar-refractivity contribution in [2.24, 2.45) is 0 Å². The van der Waals surface area contributed by atoms with Crippen molar-refractivity contribution in [3.05, 3.63) is 82.7 Å². The number of hydrogen-bond acceptors (Lipinski definition) is 7. The molecule has 5 aromatic rings. The van der Waals surface area contributed by atoms with E-state index in [1.54, 1.807) is 42.6 Å². The van der Waals surface area contributed by atoms with Gasteiger partial charge in [0.25, 0.3) is 0 Å². The van der Waals surface area contributed by atoms with E-state index >= 15 is 0 Å². The van der Waals surface area contributed by atoms with Crippen molar-refractivity contribution < 1.29 is 12.8 Å². The van der Waals surface area contributed by atoms with E-state index in [0.29, 0.717) is 35.9 Å². The Morgan fingerprint density at radius 3 is 2.69 bits per heavy atom. The Hall–Kier alpha value is -3.19. The quantitative estimate of drug-likeness (QED) is 0.230. The van der Waals surface area contributed by atoms with E-state index in [9.17, 15) is 12.8 Å². The average Bonchev–Trinajstić information content (AvgIpc) is 3.46. The van der Waals surface area contributed by atoms with Gasteiger partial charge in [0, 0.05) is 40.9 Å². The van der Waals surface area contributed by atoms with Gasteiger partial charge in [-0.25, -0.2) is 32.5 Å². The van der Waals surface area contributed by atoms with Gasteiger partial charge < -0.3 is 5.32 Å². The van der Waals surface area contributed by atoms with Gasteiger partial charge >= 0.3 is 0 Å². The molecule has 2 N–H and O–H groups in total. The number of thiazole rings is 1. The molecular formula is C24H20BrFN6O2S2. The number of nitrogens with one attached hydrogen (secondary N) is 2. The minimum absolute atomic E-state index is 0.212. The molecule has 0 saturated carbocycles. The van der Waals surface area contributed by atoms with Gasteiger partial charge in [-0.2, -0.15) is 0 Å². The Kier molecular flexibility index (Phi) is 7.10. The van der Waals surface area contributed by atoms with Crippen LogP contribution in [0, 0.1) is 5.82 Å². The molecule has 0 aliphatic heterocycles. The fraction of sp³-hybridized carbons (Fsp3) is 0.125. The third-order valence-corrected chi connectivity index (χ3v) is 8.07. The van der Waals surface area contributed by atoms with Crippen molar-refractivity contribution in [2.45, 2.75) is 11.3 Å². The number of aromatic nitrogens is 4. The number of imidazole rings is 1. The number of fused-ring (bicyclic) bond motifs is 1. The highest BCUT2D eigenvalue weighted by Gasteiger charge is 2.19. The van der Waals surface area contributed by atoms with Gasteiger partial charge in [-0.1, -0.05) is 28.1 Å². The summed E-state index contributed by atoms with van der Waals surface area (Å²) in [7, 11) is -3.57. The highest BCUT2D eigenvalue weighted by atomic mass is 79.9. The number of benzene rings is 2. The maximum absolute atomic E-state index is 13.9. The molecule has 0 fully saturated rings. The van der Waals surface area contributed by atoms with E-state index in [1.165, 1.54) is 23.5 Å². The van der Waals surface area contributed by atoms with E-state index in [0.717, 1.165) is 15.1 Å². The summed E-state index contributed by atoms with van der Waals surface area (Å²) in [6.07, 6.45) is 4.07. The van der Waals surface area contributed by atoms with Crippen LogP contribution in [0.2, 0.25) is 0 Å². The predicted octanol–water partition coefficient (Wildman–Crippen LogP) is 5.20. The molecule has 0 spiro atoms. The van der Waals surface area contributed by atoms with Crippen LogP contribution in [0.1, 0.15) is 6.42 Å². The van der Waals surface area contributed by atoms with E-state index < -0.39 is 10.0 Å². The van der Waals surface area contributed by atoms with Crippen LogP contribution in [0.5, 0.6) is 0 Å². The molecule has 0 unspecified atom stereocenters. The number of hydrogen-bond donors (Lipinski definition) is 2. The third kappa shape index (κ3) is 5.31. The Labute approximate surface area is 219 Å². The number of halogens is 2. The molecule has 12 heteroatoms. The Morgan fingerprint density at radius 2 is 1.89 bits per heavy atom. The molecule has 36 heavy (non-hydrogen) atoms. The topological polar surface area (TPSA) is 101 Å². The van der Waals surface area contributed by atoms with Crippen LogP contribution >= 0.6 is 27.3 Å². The first-order chi connectivity index (χ1) is 17.4. The summed E-state index contributed by atoms with van der Waals surface area (Å²) in [6.45, 7) is 0.719. The molecule has 3 heterocycles. The van der Waals surface area contributed by atoms with Crippen molar-refractivity contribution in [2.75, 3.05) is 18.4 Å². The molecule has 0 amide bonds. The summed E-state index contributed by atoms with van der Waals surface area (Å²) in [6, 6.07) is 14.6. The van der Waals surface area contributed by atoms with Gasteiger partial charge in [0.2, 0.25) is 16.0 Å². The fourth-order valence-electron chi connectivity index (χ4n) is 3.64. The van der Waals surface area contributed by atoms with Crippen LogP contribution in [0.15, 0.2) is 81.7 Å². The summed E-state index contributed by atoms with van der Waals surface area (Å²) in [5.41, 5.74) is 2.67. The highest BCUT2D eigenvalue weighted by molar-refractivity contribution is 9.10. The van der Waals surface area contributed by atoms with Gasteiger partial charge in [0.1, 0.15) is 11.5 Å². The van der Waals surface area contributed by atoms with Crippen LogP contribution in [0.4, 0.5) is 10.3 Å². The summed E-state index contributed by atoms with van der Waals surface area (Å²) in [5, 5.41) is 5.07. The number of nitrogens with zero attached hydrogens (tertiary/aromatic N) is 4. The third-order valence-electron chi connectivity index (χ3n) is 5.31. The summed E-state index contributed by atoms with van der Waals surface area (Å²) >= 11 is 4.78. The summed E-state index contributed by atoms with van der Waals surface area (Å²) in [4.78, 5) is 14.6. The standard InChI is InChI=1S/C24H20BrFN6O2S2/c25-17-5-7-19(8-6-17)36(33,34)29-11-2-10-27-23-28-12-9-20(30-23)22-21(16-3-1-4-18(26)15-16)31-24-32(22)13-14-35-24/h1,3-9,12-15,29H,2,10-11H2,(H,27,28,30). The van der Waals surface area contributed by atoms with Crippen molar-refractivity contribution in [3.63, 3.8) is 0 Å². The predicted molar refractivity (Wildman–Crippen MR) is 142 cm³/mol. The molecule has 3 aromatic heterocycles. The first-order valence-corrected chi connectivity index (χ1v) is 14.1. The van der Waals surface area contributed by atoms with Crippen LogP contribution in [0.3, 0.4) is 0 Å². The van der Waals surface area contributed by atoms with Gasteiger partial charge in [-0.05, 0) is 48.9 Å². The molecule has 2 aromatic carbocycles. The van der Waals surface area contributed by atoms with Crippen LogP contribution in [-0.4, -0.2) is 40.9 Å². The minimum atomic E-state index is -3.57. The summed E-state index contributed by atoms with van der Waals surface area (Å²) in [5.74, 6) is 0.0641. The molecule has 0 aliphatic carbocycles. The van der Waals surface area contributed by atoms with E-state index in [2.05, 4.69) is 35.9 Å². The SMILES string of the molecule is O=S(=O)(NCCCNc1nccc(-c2c(-c3cccc(F)c3)nc3sccn23)n1)c1ccc(Br)cc1. The zero-order valence-corrected chi connectivity index (χ0v) is 21.9. The van der Waals surface area contributed by atoms with Crippen LogP contribution in [-0.2, 0) is 10.0 Å². The maximum Gasteiger partial charge on any atom is 0.240 e. The second-order valence-corrected chi connectivity index (χ2v) is 11.3. The van der Waals surface area contributed by atoms with E-state index in [-0.39, 0.29) is 17.3 Å². The van der Waals surface area contributed by atoms with E-state index in [1.807, 2.05) is 22.0 Å². The normalized spacial score (nSPS) is 11.7. The van der Waals surface area contributed by atoms with Crippen molar-refractivity contribution in [1.29, 1.82) is 0 Å². The molecule has 0 radical (unpaired) electrons. The minimum Gasteiger partial charge on any atom is -0.354 e. The monoisotopic (exact) mass is 586 g/mol. The Balaban J connectivity index is 1.28. The van der Waals surface area contributed by atoms with Crippen LogP contribution in [0.25, 0.3) is 27.6 Å². The number of anilines is 1. The van der Waals surface area contributed by atoms with E-state index in [4.69, 9.17) is 4.98 Å². The highest BCUT2D eigenvalue weighted by Crippen LogP contribution is 2.33. The zero-order valence-electron chi connectivity index (χ0n) is 18.7. The molecule has 8 nitrogen and oxygen atoms in total. The zero-order chi connectivity index (χ0) is 25.1. The fourth-order valence-corrected chi connectivity index (χ4v) is 5.69. The lowest BCUT2D eigenvalue weighted by Crippen LogP contribution is -2.26. The van der Waals surface area contributed by atoms with Crippen molar-refractivity contribution in [1.82, 2.24) is 24.1 Å². The largest absolute Gasteiger partial charge is 0.354 e. The number of sulfonamides is 1. The molecule has 0 saturated heterocycles. The lowest BCUT2D eigenvalue weighted by Gasteiger charge is -2.09. The van der Waals surface area contributed by atoms with Crippen LogP contribution < -0.4 is 10.0 Å². The Morgan fingerprint density at radius 1 is 1.06 bits per heavy atom. The lowest BCUT2D eigenvalue weighted by molar-refractivity contribution is 0.580. The number of rotatable bonds is 9. The lowest BCUT2D eigenvalue weighted by atomic mass is 10.1. The van der Waals surface area contributed by atoms with Crippen molar-refractivity contribution >= 4 is 48.2 Å². The first kappa shape index (κ1) is 24.5. The molecule has 0 aliphatic rings. The maximum atomic E-state index is 13.9. The van der Waals surface area contributed by atoms with Gasteiger partial charge in [0.15, 0.2) is 4.96 Å². The molecular weight excluding hydrogens is 567 g/mol. The molecule has 0 bridgehead atoms. The Bertz CT molecular complexity index is 1620. The summed E-state index contributed by atoms with van der Waals surface area (Å²) < 4.78 is 44.1. The molecule has 184 valence electrons. The second kappa shape index (κ2) is 10.4. The van der Waals surface area contributed by atoms with Gasteiger partial charge in [-0.15, -0.1) is 11.3 Å². The second-order valence-electron chi connectivity index (χ2n) is 7.77. The first-order valence-electron chi connectivity index (χ1n) is 10.9. The molecule has 5 rings (SSSR count). The average molecular weight is 588 g/mol. The van der Waals surface area contributed by atoms with Gasteiger partial charge in [0.05, 0.1) is 16.3 Å². The smallest absolute Gasteiger partial charge is 0.240 e. The molecule has 0 atom stereocenters. The van der Waals surface area contributed by atoms with Gasteiger partial charge in [-0.3, -0.25) is 4.40 Å². The van der Waals surface area contributed by atoms with Crippen molar-refractivity contribution in [3.8, 4) is 22.6 Å².